The highest BCUT2D eigenvalue weighted by atomic mass is 35.5. The molecule has 0 unspecified atom stereocenters. The number of aliphatic hydroxyl groups is 1. The van der Waals surface area contributed by atoms with E-state index in [-0.39, 0.29) is 24.7 Å². The van der Waals surface area contributed by atoms with Crippen LogP contribution in [0.3, 0.4) is 0 Å². The summed E-state index contributed by atoms with van der Waals surface area (Å²) < 4.78 is 0. The molecule has 1 aliphatic heterocycles. The average Bonchev–Trinajstić information content (AvgIpc) is 3.26. The summed E-state index contributed by atoms with van der Waals surface area (Å²) in [7, 11) is 0. The summed E-state index contributed by atoms with van der Waals surface area (Å²) in [5.41, 5.74) is 3.53. The highest BCUT2D eigenvalue weighted by Crippen LogP contribution is 2.30. The van der Waals surface area contributed by atoms with Crippen LogP contribution in [0.25, 0.3) is 0 Å². The van der Waals surface area contributed by atoms with Gasteiger partial charge in [-0.15, -0.1) is 0 Å². The summed E-state index contributed by atoms with van der Waals surface area (Å²) in [6, 6.07) is 26.9. The van der Waals surface area contributed by atoms with Gasteiger partial charge in [0.15, 0.2) is 0 Å². The fourth-order valence-electron chi connectivity index (χ4n) is 4.41. The number of likely N-dealkylation sites (tertiary alicyclic amines) is 1. The van der Waals surface area contributed by atoms with E-state index in [0.29, 0.717) is 0 Å². The number of nitrogens with one attached hydrogen (secondary N) is 1. The third-order valence-corrected chi connectivity index (χ3v) is 6.61. The van der Waals surface area contributed by atoms with Gasteiger partial charge >= 0.3 is 0 Å². The Labute approximate surface area is 194 Å². The number of aliphatic hydroxyl groups excluding tert-OH is 1. The van der Waals surface area contributed by atoms with Gasteiger partial charge in [0.2, 0.25) is 0 Å². The molecule has 0 aromatic heterocycles. The first-order chi connectivity index (χ1) is 15.1. The fraction of sp³-hybridized carbons (Fsp3) is 0.308. The van der Waals surface area contributed by atoms with Crippen molar-refractivity contribution in [3.05, 3.63) is 106 Å². The summed E-state index contributed by atoms with van der Waals surface area (Å²) in [4.78, 5) is 2.41. The van der Waals surface area contributed by atoms with Gasteiger partial charge in [-0.05, 0) is 60.3 Å². The second-order valence-electron chi connectivity index (χ2n) is 8.14. The number of nitrogens with zero attached hydrogens (tertiary/aromatic N) is 1. The third-order valence-electron chi connectivity index (χ3n) is 6.10. The number of halogens is 2. The van der Waals surface area contributed by atoms with Crippen LogP contribution in [0, 0.1) is 0 Å². The van der Waals surface area contributed by atoms with Gasteiger partial charge in [-0.1, -0.05) is 77.8 Å². The Morgan fingerprint density at radius 2 is 1.42 bits per heavy atom. The number of rotatable bonds is 8. The zero-order valence-electron chi connectivity index (χ0n) is 17.4. The maximum absolute atomic E-state index is 9.82. The molecule has 0 radical (unpaired) electrons. The molecular formula is C26H28Cl2N2O. The van der Waals surface area contributed by atoms with Crippen molar-refractivity contribution in [2.24, 2.45) is 0 Å². The molecular weight excluding hydrogens is 427 g/mol. The monoisotopic (exact) mass is 454 g/mol. The van der Waals surface area contributed by atoms with Gasteiger partial charge in [-0.2, -0.15) is 0 Å². The number of hydrogen-bond donors (Lipinski definition) is 2. The second-order valence-corrected chi connectivity index (χ2v) is 9.01. The molecule has 1 fully saturated rings. The Bertz CT molecular complexity index is 902. The van der Waals surface area contributed by atoms with Crippen LogP contribution in [0.2, 0.25) is 10.0 Å². The lowest BCUT2D eigenvalue weighted by molar-refractivity contribution is 0.146. The highest BCUT2D eigenvalue weighted by molar-refractivity contribution is 6.30. The van der Waals surface area contributed by atoms with Crippen LogP contribution in [0.15, 0.2) is 78.9 Å². The third kappa shape index (κ3) is 5.68. The smallest absolute Gasteiger partial charge is 0.0586 e. The Morgan fingerprint density at radius 3 is 1.97 bits per heavy atom. The molecule has 31 heavy (non-hydrogen) atoms. The molecule has 4 rings (SSSR count). The first kappa shape index (κ1) is 22.3. The standard InChI is InChI=1S/C26H28Cl2N2O/c27-22-12-8-20(9-13-22)26(21-10-14-23(28)15-11-21)29-25(19-5-2-1-3-6-19)17-30-16-4-7-24(30)18-31/h1-3,5-6,8-15,24-26,29,31H,4,7,16-18H2/t24-,25-/m0/s1. The van der Waals surface area contributed by atoms with Crippen LogP contribution < -0.4 is 5.32 Å². The van der Waals surface area contributed by atoms with Gasteiger partial charge < -0.3 is 5.11 Å². The zero-order chi connectivity index (χ0) is 21.6. The molecule has 1 heterocycles. The van der Waals surface area contributed by atoms with Crippen LogP contribution in [0.4, 0.5) is 0 Å². The predicted molar refractivity (Wildman–Crippen MR) is 129 cm³/mol. The van der Waals surface area contributed by atoms with Gasteiger partial charge in [0.05, 0.1) is 12.6 Å². The Hall–Kier alpha value is -1.88. The van der Waals surface area contributed by atoms with Crippen molar-refractivity contribution in [3.8, 4) is 0 Å². The summed E-state index contributed by atoms with van der Waals surface area (Å²) >= 11 is 12.3. The van der Waals surface area contributed by atoms with E-state index in [4.69, 9.17) is 23.2 Å². The second kappa shape index (κ2) is 10.6. The summed E-state index contributed by atoms with van der Waals surface area (Å²) in [6.45, 7) is 2.06. The SMILES string of the molecule is OC[C@@H]1CCCN1C[C@H](NC(c1ccc(Cl)cc1)c1ccc(Cl)cc1)c1ccccc1. The number of benzene rings is 3. The molecule has 3 aromatic rings. The van der Waals surface area contributed by atoms with E-state index >= 15 is 0 Å². The maximum atomic E-state index is 9.82. The minimum absolute atomic E-state index is 0.0186. The van der Waals surface area contributed by atoms with Crippen molar-refractivity contribution in [3.63, 3.8) is 0 Å². The van der Waals surface area contributed by atoms with E-state index in [1.807, 2.05) is 30.3 Å². The highest BCUT2D eigenvalue weighted by Gasteiger charge is 2.28. The first-order valence-electron chi connectivity index (χ1n) is 10.8. The predicted octanol–water partition coefficient (Wildman–Crippen LogP) is 5.87. The number of hydrogen-bond acceptors (Lipinski definition) is 3. The van der Waals surface area contributed by atoms with Crippen LogP contribution in [0.5, 0.6) is 0 Å². The van der Waals surface area contributed by atoms with E-state index in [0.717, 1.165) is 47.1 Å². The van der Waals surface area contributed by atoms with E-state index in [1.54, 1.807) is 0 Å². The molecule has 162 valence electrons. The molecule has 0 spiro atoms. The fourth-order valence-corrected chi connectivity index (χ4v) is 4.66. The summed E-state index contributed by atoms with van der Waals surface area (Å²) in [5.74, 6) is 0. The first-order valence-corrected chi connectivity index (χ1v) is 11.6. The molecule has 5 heteroatoms. The molecule has 0 aliphatic carbocycles. The Morgan fingerprint density at radius 1 is 0.839 bits per heavy atom. The van der Waals surface area contributed by atoms with E-state index < -0.39 is 0 Å². The van der Waals surface area contributed by atoms with Crippen molar-refractivity contribution in [1.29, 1.82) is 0 Å². The molecule has 1 saturated heterocycles. The average molecular weight is 455 g/mol. The molecule has 0 saturated carbocycles. The lowest BCUT2D eigenvalue weighted by Gasteiger charge is -2.32. The van der Waals surface area contributed by atoms with Crippen LogP contribution >= 0.6 is 23.2 Å². The maximum Gasteiger partial charge on any atom is 0.0586 e. The van der Waals surface area contributed by atoms with Gasteiger partial charge in [-0.3, -0.25) is 10.2 Å². The van der Waals surface area contributed by atoms with Crippen molar-refractivity contribution in [1.82, 2.24) is 10.2 Å². The van der Waals surface area contributed by atoms with E-state index in [1.165, 1.54) is 5.56 Å². The van der Waals surface area contributed by atoms with Crippen molar-refractivity contribution < 1.29 is 5.11 Å². The molecule has 2 N–H and O–H groups in total. The van der Waals surface area contributed by atoms with Crippen molar-refractivity contribution >= 4 is 23.2 Å². The Kier molecular flexibility index (Phi) is 7.65. The summed E-state index contributed by atoms with van der Waals surface area (Å²) in [5, 5.41) is 15.2. The van der Waals surface area contributed by atoms with Crippen LogP contribution in [0.1, 0.15) is 41.6 Å². The van der Waals surface area contributed by atoms with E-state index in [2.05, 4.69) is 58.7 Å². The van der Waals surface area contributed by atoms with Gasteiger partial charge in [0.1, 0.15) is 0 Å². The normalized spacial score (nSPS) is 17.9. The minimum atomic E-state index is -0.0186. The minimum Gasteiger partial charge on any atom is -0.395 e. The molecule has 3 aromatic carbocycles. The largest absolute Gasteiger partial charge is 0.395 e. The van der Waals surface area contributed by atoms with Gasteiger partial charge in [-0.25, -0.2) is 0 Å². The molecule has 0 amide bonds. The Balaban J connectivity index is 1.67. The topological polar surface area (TPSA) is 35.5 Å². The molecule has 1 aliphatic rings. The van der Waals surface area contributed by atoms with Crippen LogP contribution in [-0.2, 0) is 0 Å². The molecule has 0 bridgehead atoms. The van der Waals surface area contributed by atoms with Crippen molar-refractivity contribution in [2.75, 3.05) is 19.7 Å². The molecule has 2 atom stereocenters. The quantitative estimate of drug-likeness (QED) is 0.446. The van der Waals surface area contributed by atoms with Gasteiger partial charge in [0, 0.05) is 28.7 Å². The lowest BCUT2D eigenvalue weighted by Crippen LogP contribution is -2.40. The van der Waals surface area contributed by atoms with Crippen molar-refractivity contribution in [2.45, 2.75) is 31.0 Å². The summed E-state index contributed by atoms with van der Waals surface area (Å²) in [6.07, 6.45) is 2.18. The van der Waals surface area contributed by atoms with Crippen LogP contribution in [-0.4, -0.2) is 35.7 Å². The zero-order valence-corrected chi connectivity index (χ0v) is 18.9. The van der Waals surface area contributed by atoms with E-state index in [9.17, 15) is 5.11 Å². The molecule has 3 nitrogen and oxygen atoms in total. The van der Waals surface area contributed by atoms with Gasteiger partial charge in [0.25, 0.3) is 0 Å². The lowest BCUT2D eigenvalue weighted by atomic mass is 9.96.